The Morgan fingerprint density at radius 3 is 2.30 bits per heavy atom. The zero-order chi connectivity index (χ0) is 15.3. The number of carbonyl (C=O) groups is 1. The number of hydrogen-bond acceptors (Lipinski definition) is 4. The molecule has 7 nitrogen and oxygen atoms in total. The van der Waals surface area contributed by atoms with Gasteiger partial charge in [0.1, 0.15) is 6.04 Å². The molecule has 1 aliphatic heterocycles. The Morgan fingerprint density at radius 1 is 1.30 bits per heavy atom. The SMILES string of the molecule is CC(C)C[C@H](NS(=O)(=O)N(C)C)C(=O)N1CCOCC1. The molecule has 0 bridgehead atoms. The molecule has 1 saturated heterocycles. The molecule has 118 valence electrons. The number of ether oxygens (including phenoxy) is 1. The lowest BCUT2D eigenvalue weighted by Gasteiger charge is -2.31. The largest absolute Gasteiger partial charge is 0.378 e. The molecule has 0 aromatic carbocycles. The monoisotopic (exact) mass is 307 g/mol. The van der Waals surface area contributed by atoms with Crippen molar-refractivity contribution in [3.63, 3.8) is 0 Å². The van der Waals surface area contributed by atoms with E-state index >= 15 is 0 Å². The van der Waals surface area contributed by atoms with E-state index in [9.17, 15) is 13.2 Å². The molecular weight excluding hydrogens is 282 g/mol. The molecule has 20 heavy (non-hydrogen) atoms. The highest BCUT2D eigenvalue weighted by Gasteiger charge is 2.30. The Balaban J connectivity index is 2.80. The molecule has 0 spiro atoms. The molecule has 8 heteroatoms. The fourth-order valence-electron chi connectivity index (χ4n) is 1.96. The number of amides is 1. The van der Waals surface area contributed by atoms with Crippen molar-refractivity contribution in [2.75, 3.05) is 40.4 Å². The van der Waals surface area contributed by atoms with E-state index in [2.05, 4.69) is 4.72 Å². The average molecular weight is 307 g/mol. The topological polar surface area (TPSA) is 79.0 Å². The van der Waals surface area contributed by atoms with E-state index in [1.54, 1.807) is 4.90 Å². The van der Waals surface area contributed by atoms with Crippen molar-refractivity contribution in [1.82, 2.24) is 13.9 Å². The normalized spacial score (nSPS) is 18.6. The second kappa shape index (κ2) is 7.35. The molecular formula is C12H25N3O4S. The maximum Gasteiger partial charge on any atom is 0.279 e. The van der Waals surface area contributed by atoms with E-state index in [1.165, 1.54) is 14.1 Å². The maximum absolute atomic E-state index is 12.5. The third kappa shape index (κ3) is 5.01. The van der Waals surface area contributed by atoms with Gasteiger partial charge in [-0.1, -0.05) is 13.8 Å². The Bertz CT molecular complexity index is 416. The first-order chi connectivity index (χ1) is 9.24. The summed E-state index contributed by atoms with van der Waals surface area (Å²) in [5, 5.41) is 0. The summed E-state index contributed by atoms with van der Waals surface area (Å²) in [5.41, 5.74) is 0. The summed E-state index contributed by atoms with van der Waals surface area (Å²) >= 11 is 0. The number of hydrogen-bond donors (Lipinski definition) is 1. The van der Waals surface area contributed by atoms with Gasteiger partial charge < -0.3 is 9.64 Å². The molecule has 1 N–H and O–H groups in total. The van der Waals surface area contributed by atoms with Gasteiger partial charge in [-0.15, -0.1) is 0 Å². The fourth-order valence-corrected chi connectivity index (χ4v) is 2.73. The summed E-state index contributed by atoms with van der Waals surface area (Å²) in [5.74, 6) is 0.0438. The highest BCUT2D eigenvalue weighted by atomic mass is 32.2. The fraction of sp³-hybridized carbons (Fsp3) is 0.917. The minimum Gasteiger partial charge on any atom is -0.378 e. The third-order valence-electron chi connectivity index (χ3n) is 3.10. The van der Waals surface area contributed by atoms with Gasteiger partial charge in [-0.25, -0.2) is 0 Å². The number of rotatable bonds is 6. The van der Waals surface area contributed by atoms with Gasteiger partial charge in [0, 0.05) is 27.2 Å². The van der Waals surface area contributed by atoms with Crippen molar-refractivity contribution in [1.29, 1.82) is 0 Å². The van der Waals surface area contributed by atoms with Gasteiger partial charge in [-0.2, -0.15) is 17.4 Å². The van der Waals surface area contributed by atoms with Crippen LogP contribution in [0.3, 0.4) is 0 Å². The molecule has 0 radical (unpaired) electrons. The summed E-state index contributed by atoms with van der Waals surface area (Å²) in [6.45, 7) is 5.95. The van der Waals surface area contributed by atoms with Crippen LogP contribution in [0.1, 0.15) is 20.3 Å². The van der Waals surface area contributed by atoms with E-state index in [0.29, 0.717) is 32.7 Å². The van der Waals surface area contributed by atoms with Crippen LogP contribution in [0.15, 0.2) is 0 Å². The Morgan fingerprint density at radius 2 is 1.85 bits per heavy atom. The van der Waals surface area contributed by atoms with Crippen molar-refractivity contribution < 1.29 is 17.9 Å². The first-order valence-electron chi connectivity index (χ1n) is 6.80. The molecule has 0 aliphatic carbocycles. The molecule has 0 saturated carbocycles. The number of nitrogens with zero attached hydrogens (tertiary/aromatic N) is 2. The molecule has 1 aliphatic rings. The van der Waals surface area contributed by atoms with Crippen molar-refractivity contribution in [2.45, 2.75) is 26.3 Å². The third-order valence-corrected chi connectivity index (χ3v) is 4.64. The van der Waals surface area contributed by atoms with Crippen molar-refractivity contribution in [2.24, 2.45) is 5.92 Å². The van der Waals surface area contributed by atoms with E-state index < -0.39 is 16.3 Å². The maximum atomic E-state index is 12.5. The predicted molar refractivity (Wildman–Crippen MR) is 76.4 cm³/mol. The van der Waals surface area contributed by atoms with Crippen LogP contribution >= 0.6 is 0 Å². The molecule has 0 aromatic rings. The molecule has 1 amide bonds. The highest BCUT2D eigenvalue weighted by Crippen LogP contribution is 2.11. The number of carbonyl (C=O) groups excluding carboxylic acids is 1. The van der Waals surface area contributed by atoms with Crippen LogP contribution < -0.4 is 4.72 Å². The Hall–Kier alpha value is -0.700. The summed E-state index contributed by atoms with van der Waals surface area (Å²) in [6, 6.07) is -0.722. The van der Waals surface area contributed by atoms with Crippen molar-refractivity contribution in [3.05, 3.63) is 0 Å². The van der Waals surface area contributed by atoms with Gasteiger partial charge in [0.05, 0.1) is 13.2 Å². The summed E-state index contributed by atoms with van der Waals surface area (Å²) in [6.07, 6.45) is 0.475. The van der Waals surface area contributed by atoms with Gasteiger partial charge in [-0.3, -0.25) is 4.79 Å². The van der Waals surface area contributed by atoms with Crippen LogP contribution in [0.2, 0.25) is 0 Å². The van der Waals surface area contributed by atoms with Gasteiger partial charge in [0.15, 0.2) is 0 Å². The first-order valence-corrected chi connectivity index (χ1v) is 8.24. The molecule has 1 rings (SSSR count). The molecule has 1 atom stereocenters. The van der Waals surface area contributed by atoms with Crippen molar-refractivity contribution in [3.8, 4) is 0 Å². The minimum atomic E-state index is -3.62. The number of nitrogens with one attached hydrogen (secondary N) is 1. The van der Waals surface area contributed by atoms with Crippen LogP contribution in [0.4, 0.5) is 0 Å². The van der Waals surface area contributed by atoms with Gasteiger partial charge >= 0.3 is 0 Å². The van der Waals surface area contributed by atoms with Gasteiger partial charge in [0.2, 0.25) is 5.91 Å². The molecule has 0 aromatic heterocycles. The average Bonchev–Trinajstić information content (AvgIpc) is 2.37. The van der Waals surface area contributed by atoms with Crippen molar-refractivity contribution >= 4 is 16.1 Å². The van der Waals surface area contributed by atoms with E-state index in [0.717, 1.165) is 4.31 Å². The quantitative estimate of drug-likeness (QED) is 0.728. The Labute approximate surface area is 121 Å². The lowest BCUT2D eigenvalue weighted by Crippen LogP contribution is -2.53. The van der Waals surface area contributed by atoms with Crippen LogP contribution in [0, 0.1) is 5.92 Å². The van der Waals surface area contributed by atoms with E-state index in [-0.39, 0.29) is 11.8 Å². The zero-order valence-electron chi connectivity index (χ0n) is 12.6. The standard InChI is InChI=1S/C12H25N3O4S/c1-10(2)9-11(13-20(17,18)14(3)4)12(16)15-5-7-19-8-6-15/h10-11,13H,5-9H2,1-4H3/t11-/m0/s1. The lowest BCUT2D eigenvalue weighted by molar-refractivity contribution is -0.137. The van der Waals surface area contributed by atoms with Gasteiger partial charge in [-0.05, 0) is 12.3 Å². The second-order valence-corrected chi connectivity index (χ2v) is 7.44. The molecule has 1 heterocycles. The highest BCUT2D eigenvalue weighted by molar-refractivity contribution is 7.87. The smallest absolute Gasteiger partial charge is 0.279 e. The molecule has 1 fully saturated rings. The minimum absolute atomic E-state index is 0.174. The lowest BCUT2D eigenvalue weighted by atomic mass is 10.0. The van der Waals surface area contributed by atoms with Gasteiger partial charge in [0.25, 0.3) is 10.2 Å². The molecule has 0 unspecified atom stereocenters. The Kier molecular flexibility index (Phi) is 6.38. The van der Waals surface area contributed by atoms with Crippen LogP contribution in [-0.4, -0.2) is 70.0 Å². The summed E-state index contributed by atoms with van der Waals surface area (Å²) in [7, 11) is -0.745. The predicted octanol–water partition coefficient (Wildman–Crippen LogP) is -0.344. The van der Waals surface area contributed by atoms with Crippen LogP contribution in [0.25, 0.3) is 0 Å². The van der Waals surface area contributed by atoms with E-state index in [4.69, 9.17) is 4.74 Å². The zero-order valence-corrected chi connectivity index (χ0v) is 13.4. The van der Waals surface area contributed by atoms with Crippen LogP contribution in [-0.2, 0) is 19.7 Å². The van der Waals surface area contributed by atoms with E-state index in [1.807, 2.05) is 13.8 Å². The first kappa shape index (κ1) is 17.4. The summed E-state index contributed by atoms with van der Waals surface area (Å²) in [4.78, 5) is 14.1. The second-order valence-electron chi connectivity index (χ2n) is 5.53. The number of morpholine rings is 1. The summed E-state index contributed by atoms with van der Waals surface area (Å²) < 4.78 is 32.6. The van der Waals surface area contributed by atoms with Crippen LogP contribution in [0.5, 0.6) is 0 Å².